The lowest BCUT2D eigenvalue weighted by Crippen LogP contribution is -2.09. The number of halogens is 3. The number of carbonyl (C=O) groups excluding carboxylic acids is 1. The van der Waals surface area contributed by atoms with Gasteiger partial charge in [-0.05, 0) is 53.3 Å². The summed E-state index contributed by atoms with van der Waals surface area (Å²) in [6.07, 6.45) is 1.65. The summed E-state index contributed by atoms with van der Waals surface area (Å²) in [5.74, 6) is -2.35. The number of fused-ring (bicyclic) bond motifs is 1. The molecular weight excluding hydrogens is 417 g/mol. The van der Waals surface area contributed by atoms with E-state index in [4.69, 9.17) is 0 Å². The molecule has 3 aromatic rings. The van der Waals surface area contributed by atoms with Crippen LogP contribution < -0.4 is 0 Å². The minimum atomic E-state index is -0.877. The van der Waals surface area contributed by atoms with Crippen LogP contribution in [0.3, 0.4) is 0 Å². The number of nitrogens with zero attached hydrogens (tertiary/aromatic N) is 2. The van der Waals surface area contributed by atoms with Gasteiger partial charge in [0.2, 0.25) is 5.78 Å². The number of rotatable bonds is 3. The number of ketones is 1. The molecule has 0 spiro atoms. The SMILES string of the molecule is CCc1nc2ccc(F)cn2c1C(=O)c1cc(F)c(O)c(I)c1. The number of imidazole rings is 1. The average Bonchev–Trinajstić information content (AvgIpc) is 2.89. The highest BCUT2D eigenvalue weighted by molar-refractivity contribution is 14.1. The van der Waals surface area contributed by atoms with Gasteiger partial charge >= 0.3 is 0 Å². The molecule has 0 saturated carbocycles. The van der Waals surface area contributed by atoms with Crippen molar-refractivity contribution in [2.45, 2.75) is 13.3 Å². The Morgan fingerprint density at radius 2 is 2.09 bits per heavy atom. The number of aromatic hydroxyl groups is 1. The van der Waals surface area contributed by atoms with Gasteiger partial charge < -0.3 is 5.11 Å². The summed E-state index contributed by atoms with van der Waals surface area (Å²) in [6.45, 7) is 1.83. The largest absolute Gasteiger partial charge is 0.504 e. The maximum Gasteiger partial charge on any atom is 0.211 e. The van der Waals surface area contributed by atoms with Gasteiger partial charge in [-0.25, -0.2) is 13.8 Å². The maximum absolute atomic E-state index is 13.7. The lowest BCUT2D eigenvalue weighted by atomic mass is 10.1. The van der Waals surface area contributed by atoms with Gasteiger partial charge in [0, 0.05) is 11.8 Å². The fourth-order valence-corrected chi connectivity index (χ4v) is 2.98. The molecule has 0 radical (unpaired) electrons. The minimum Gasteiger partial charge on any atom is -0.504 e. The van der Waals surface area contributed by atoms with Crippen LogP contribution in [0, 0.1) is 15.2 Å². The lowest BCUT2D eigenvalue weighted by Gasteiger charge is -2.06. The number of pyridine rings is 1. The highest BCUT2D eigenvalue weighted by Gasteiger charge is 2.22. The predicted molar refractivity (Wildman–Crippen MR) is 88.7 cm³/mol. The number of aryl methyl sites for hydroxylation is 1. The van der Waals surface area contributed by atoms with Crippen LogP contribution in [-0.2, 0) is 6.42 Å². The van der Waals surface area contributed by atoms with E-state index in [1.54, 1.807) is 22.6 Å². The Morgan fingerprint density at radius 1 is 1.35 bits per heavy atom. The van der Waals surface area contributed by atoms with E-state index in [0.29, 0.717) is 17.8 Å². The predicted octanol–water partition coefficient (Wildman–Crippen LogP) is 3.72. The lowest BCUT2D eigenvalue weighted by molar-refractivity contribution is 0.103. The second-order valence-electron chi connectivity index (χ2n) is 4.95. The monoisotopic (exact) mass is 428 g/mol. The first-order chi connectivity index (χ1) is 10.9. The first kappa shape index (κ1) is 15.9. The van der Waals surface area contributed by atoms with Crippen LogP contribution >= 0.6 is 22.6 Å². The first-order valence-electron chi connectivity index (χ1n) is 6.81. The molecule has 0 saturated heterocycles. The van der Waals surface area contributed by atoms with E-state index < -0.39 is 23.2 Å². The smallest absolute Gasteiger partial charge is 0.211 e. The van der Waals surface area contributed by atoms with Gasteiger partial charge in [0.05, 0.1) is 9.26 Å². The van der Waals surface area contributed by atoms with Gasteiger partial charge in [-0.2, -0.15) is 0 Å². The van der Waals surface area contributed by atoms with Crippen LogP contribution in [0.4, 0.5) is 8.78 Å². The van der Waals surface area contributed by atoms with E-state index in [0.717, 1.165) is 6.07 Å². The summed E-state index contributed by atoms with van der Waals surface area (Å²) in [5.41, 5.74) is 1.22. The number of aromatic nitrogens is 2. The first-order valence-corrected chi connectivity index (χ1v) is 7.89. The number of benzene rings is 1. The summed E-state index contributed by atoms with van der Waals surface area (Å²) < 4.78 is 28.8. The zero-order valence-electron chi connectivity index (χ0n) is 12.0. The molecule has 1 aromatic carbocycles. The van der Waals surface area contributed by atoms with Crippen molar-refractivity contribution in [2.75, 3.05) is 0 Å². The van der Waals surface area contributed by atoms with E-state index in [1.165, 1.54) is 28.8 Å². The number of hydrogen-bond donors (Lipinski definition) is 1. The fraction of sp³-hybridized carbons (Fsp3) is 0.125. The van der Waals surface area contributed by atoms with Gasteiger partial charge in [-0.1, -0.05) is 6.92 Å². The third-order valence-electron chi connectivity index (χ3n) is 3.48. The van der Waals surface area contributed by atoms with Gasteiger partial charge in [0.25, 0.3) is 0 Å². The van der Waals surface area contributed by atoms with Crippen molar-refractivity contribution in [3.05, 3.63) is 62.6 Å². The molecule has 1 N–H and O–H groups in total. The summed E-state index contributed by atoms with van der Waals surface area (Å²) >= 11 is 1.74. The molecule has 2 heterocycles. The highest BCUT2D eigenvalue weighted by Crippen LogP contribution is 2.27. The van der Waals surface area contributed by atoms with Crippen molar-refractivity contribution in [2.24, 2.45) is 0 Å². The molecule has 0 aliphatic rings. The van der Waals surface area contributed by atoms with Crippen LogP contribution in [0.1, 0.15) is 28.7 Å². The Hall–Kier alpha value is -2.03. The van der Waals surface area contributed by atoms with Crippen molar-refractivity contribution < 1.29 is 18.7 Å². The van der Waals surface area contributed by atoms with Crippen molar-refractivity contribution in [1.29, 1.82) is 0 Å². The van der Waals surface area contributed by atoms with E-state index in [2.05, 4.69) is 4.98 Å². The molecule has 0 aliphatic heterocycles. The Morgan fingerprint density at radius 3 is 2.74 bits per heavy atom. The zero-order chi connectivity index (χ0) is 16.7. The fourth-order valence-electron chi connectivity index (χ4n) is 2.39. The molecule has 0 aliphatic carbocycles. The normalized spacial score (nSPS) is 11.1. The van der Waals surface area contributed by atoms with E-state index in [-0.39, 0.29) is 14.8 Å². The Bertz CT molecular complexity index is 914. The zero-order valence-corrected chi connectivity index (χ0v) is 14.1. The van der Waals surface area contributed by atoms with E-state index >= 15 is 0 Å². The van der Waals surface area contributed by atoms with Crippen LogP contribution in [0.25, 0.3) is 5.65 Å². The molecule has 0 atom stereocenters. The Labute approximate surface area is 143 Å². The summed E-state index contributed by atoms with van der Waals surface area (Å²) in [5, 5.41) is 9.49. The number of hydrogen-bond acceptors (Lipinski definition) is 3. The molecule has 23 heavy (non-hydrogen) atoms. The third-order valence-corrected chi connectivity index (χ3v) is 4.31. The van der Waals surface area contributed by atoms with E-state index in [1.807, 2.05) is 6.92 Å². The molecular formula is C16H11F2IN2O2. The van der Waals surface area contributed by atoms with Crippen molar-refractivity contribution in [1.82, 2.24) is 9.38 Å². The van der Waals surface area contributed by atoms with E-state index in [9.17, 15) is 18.7 Å². The molecule has 0 unspecified atom stereocenters. The molecule has 118 valence electrons. The number of phenolic OH excluding ortho intramolecular Hbond substituents is 1. The topological polar surface area (TPSA) is 54.6 Å². The minimum absolute atomic E-state index is 0.0745. The molecule has 4 nitrogen and oxygen atoms in total. The van der Waals surface area contributed by atoms with Gasteiger partial charge in [0.1, 0.15) is 17.2 Å². The summed E-state index contributed by atoms with van der Waals surface area (Å²) in [6, 6.07) is 5.10. The number of carbonyl (C=O) groups is 1. The highest BCUT2D eigenvalue weighted by atomic mass is 127. The molecule has 0 fully saturated rings. The van der Waals surface area contributed by atoms with Crippen molar-refractivity contribution in [3.63, 3.8) is 0 Å². The Kier molecular flexibility index (Phi) is 4.05. The molecule has 7 heteroatoms. The van der Waals surface area contributed by atoms with Crippen LogP contribution in [0.2, 0.25) is 0 Å². The van der Waals surface area contributed by atoms with Crippen LogP contribution in [-0.4, -0.2) is 20.3 Å². The standard InChI is InChI=1S/C16H11F2IN2O2/c1-2-12-14(21-7-9(17)3-4-13(21)20-12)15(22)8-5-10(18)16(23)11(19)6-8/h3-7,23H,2H2,1H3. The molecule has 0 bridgehead atoms. The average molecular weight is 428 g/mol. The summed E-state index contributed by atoms with van der Waals surface area (Å²) in [7, 11) is 0. The molecule has 0 amide bonds. The molecule has 2 aromatic heterocycles. The quantitative estimate of drug-likeness (QED) is 0.511. The van der Waals surface area contributed by atoms with Crippen molar-refractivity contribution in [3.8, 4) is 5.75 Å². The van der Waals surface area contributed by atoms with Crippen LogP contribution in [0.5, 0.6) is 5.75 Å². The number of phenols is 1. The third kappa shape index (κ3) is 2.69. The van der Waals surface area contributed by atoms with Gasteiger partial charge in [-0.15, -0.1) is 0 Å². The Balaban J connectivity index is 2.23. The summed E-state index contributed by atoms with van der Waals surface area (Å²) in [4.78, 5) is 17.1. The second kappa shape index (κ2) is 5.88. The van der Waals surface area contributed by atoms with Gasteiger partial charge in [0.15, 0.2) is 11.6 Å². The van der Waals surface area contributed by atoms with Crippen molar-refractivity contribution >= 4 is 34.0 Å². The molecule has 3 rings (SSSR count). The second-order valence-corrected chi connectivity index (χ2v) is 6.12. The van der Waals surface area contributed by atoms with Gasteiger partial charge in [-0.3, -0.25) is 9.20 Å². The van der Waals surface area contributed by atoms with Crippen LogP contribution in [0.15, 0.2) is 30.5 Å². The maximum atomic E-state index is 13.7.